The number of hydrogen-bond acceptors (Lipinski definition) is 4. The zero-order valence-electron chi connectivity index (χ0n) is 12.4. The van der Waals surface area contributed by atoms with Crippen molar-refractivity contribution in [1.82, 2.24) is 4.90 Å². The first kappa shape index (κ1) is 15.2. The maximum Gasteiger partial charge on any atom is 0.270 e. The molecule has 0 saturated heterocycles. The molecular weight excluding hydrogens is 272 g/mol. The molecule has 1 aromatic rings. The Kier molecular flexibility index (Phi) is 3.80. The zero-order chi connectivity index (χ0) is 15.8. The van der Waals surface area contributed by atoms with Gasteiger partial charge >= 0.3 is 0 Å². The van der Waals surface area contributed by atoms with Gasteiger partial charge in [-0.3, -0.25) is 19.7 Å². The lowest BCUT2D eigenvalue weighted by Gasteiger charge is -2.30. The van der Waals surface area contributed by atoms with Crippen LogP contribution in [0.5, 0.6) is 0 Å². The Hall–Kier alpha value is -2.24. The van der Waals surface area contributed by atoms with Gasteiger partial charge in [-0.15, -0.1) is 0 Å². The lowest BCUT2D eigenvalue weighted by Crippen LogP contribution is -2.43. The molecule has 0 radical (unpaired) electrons. The van der Waals surface area contributed by atoms with Crippen molar-refractivity contribution in [1.29, 1.82) is 0 Å². The van der Waals surface area contributed by atoms with Gasteiger partial charge in [0.15, 0.2) is 5.78 Å². The number of carbonyl (C=O) groups is 2. The number of rotatable bonds is 3. The summed E-state index contributed by atoms with van der Waals surface area (Å²) in [5, 5.41) is 10.8. The Bertz CT molecular complexity index is 617. The van der Waals surface area contributed by atoms with E-state index in [1.54, 1.807) is 6.07 Å². The van der Waals surface area contributed by atoms with Crippen LogP contribution in [0.3, 0.4) is 0 Å². The van der Waals surface area contributed by atoms with Crippen molar-refractivity contribution < 1.29 is 14.5 Å². The predicted octanol–water partition coefficient (Wildman–Crippen LogP) is 2.21. The summed E-state index contributed by atoms with van der Waals surface area (Å²) in [7, 11) is 0. The first-order chi connectivity index (χ1) is 9.70. The summed E-state index contributed by atoms with van der Waals surface area (Å²) >= 11 is 0. The monoisotopic (exact) mass is 290 g/mol. The number of Topliss-reactive ketones (excluding diaryl/α,β-unsaturated/α-hetero) is 1. The van der Waals surface area contributed by atoms with Crippen LogP contribution in [0.25, 0.3) is 0 Å². The fourth-order valence-corrected chi connectivity index (χ4v) is 2.18. The Morgan fingerprint density at radius 2 is 2.05 bits per heavy atom. The molecular formula is C15H18N2O4. The molecule has 21 heavy (non-hydrogen) atoms. The van der Waals surface area contributed by atoms with E-state index >= 15 is 0 Å². The average Bonchev–Trinajstić information content (AvgIpc) is 2.40. The lowest BCUT2D eigenvalue weighted by atomic mass is 9.89. The number of fused-ring (bicyclic) bond motifs is 1. The second-order valence-corrected chi connectivity index (χ2v) is 6.25. The average molecular weight is 290 g/mol. The molecule has 0 N–H and O–H groups in total. The van der Waals surface area contributed by atoms with Crippen LogP contribution in [0.4, 0.5) is 5.69 Å². The predicted molar refractivity (Wildman–Crippen MR) is 77.2 cm³/mol. The van der Waals surface area contributed by atoms with Crippen molar-refractivity contribution in [2.75, 3.05) is 13.1 Å². The van der Waals surface area contributed by atoms with Crippen LogP contribution >= 0.6 is 0 Å². The number of nitro benzene ring substituents is 1. The highest BCUT2D eigenvalue weighted by molar-refractivity contribution is 6.00. The third-order valence-electron chi connectivity index (χ3n) is 3.64. The standard InChI is InChI=1S/C15H18N2O4/c1-15(2,3)13(18)9-16-7-6-10-4-5-11(17(20)21)8-12(10)14(16)19/h4-5,8H,6-7,9H2,1-3H3. The summed E-state index contributed by atoms with van der Waals surface area (Å²) < 4.78 is 0. The van der Waals surface area contributed by atoms with Crippen molar-refractivity contribution in [2.45, 2.75) is 27.2 Å². The number of non-ortho nitro benzene ring substituents is 1. The van der Waals surface area contributed by atoms with Crippen LogP contribution in [0.2, 0.25) is 0 Å². The van der Waals surface area contributed by atoms with Gasteiger partial charge in [0.2, 0.25) is 0 Å². The normalized spacial score (nSPS) is 14.8. The van der Waals surface area contributed by atoms with E-state index in [1.165, 1.54) is 17.0 Å². The molecule has 1 amide bonds. The summed E-state index contributed by atoms with van der Waals surface area (Å²) in [6.07, 6.45) is 0.608. The minimum Gasteiger partial charge on any atom is -0.331 e. The van der Waals surface area contributed by atoms with Crippen LogP contribution in [-0.2, 0) is 11.2 Å². The van der Waals surface area contributed by atoms with Crippen LogP contribution in [-0.4, -0.2) is 34.6 Å². The van der Waals surface area contributed by atoms with Crippen molar-refractivity contribution in [3.05, 3.63) is 39.4 Å². The summed E-state index contributed by atoms with van der Waals surface area (Å²) in [6, 6.07) is 4.32. The molecule has 0 unspecified atom stereocenters. The van der Waals surface area contributed by atoms with Gasteiger partial charge in [-0.05, 0) is 12.0 Å². The molecule has 1 aliphatic heterocycles. The highest BCUT2D eigenvalue weighted by Crippen LogP contribution is 2.25. The molecule has 0 fully saturated rings. The van der Waals surface area contributed by atoms with Crippen molar-refractivity contribution in [3.8, 4) is 0 Å². The van der Waals surface area contributed by atoms with Crippen molar-refractivity contribution >= 4 is 17.4 Å². The second kappa shape index (κ2) is 5.27. The van der Waals surface area contributed by atoms with Gasteiger partial charge in [0.25, 0.3) is 11.6 Å². The molecule has 0 atom stereocenters. The van der Waals surface area contributed by atoms with Gasteiger partial charge in [-0.25, -0.2) is 0 Å². The smallest absolute Gasteiger partial charge is 0.270 e. The van der Waals surface area contributed by atoms with Crippen molar-refractivity contribution in [2.24, 2.45) is 5.41 Å². The first-order valence-electron chi connectivity index (χ1n) is 6.80. The third kappa shape index (κ3) is 3.09. The SMILES string of the molecule is CC(C)(C)C(=O)CN1CCc2ccc([N+](=O)[O-])cc2C1=O. The molecule has 0 spiro atoms. The maximum absolute atomic E-state index is 12.4. The number of nitro groups is 1. The number of benzene rings is 1. The minimum absolute atomic E-state index is 0.0234. The Labute approximate surface area is 122 Å². The molecule has 0 aromatic heterocycles. The Morgan fingerprint density at radius 1 is 1.38 bits per heavy atom. The van der Waals surface area contributed by atoms with E-state index in [2.05, 4.69) is 0 Å². The van der Waals surface area contributed by atoms with Gasteiger partial charge in [-0.2, -0.15) is 0 Å². The molecule has 6 nitrogen and oxygen atoms in total. The summed E-state index contributed by atoms with van der Waals surface area (Å²) in [5.41, 5.74) is 0.511. The van der Waals surface area contributed by atoms with E-state index < -0.39 is 10.3 Å². The Morgan fingerprint density at radius 3 is 2.62 bits per heavy atom. The molecule has 2 rings (SSSR count). The van der Waals surface area contributed by atoms with Gasteiger partial charge < -0.3 is 4.90 Å². The molecule has 112 valence electrons. The van der Waals surface area contributed by atoms with Crippen LogP contribution < -0.4 is 0 Å². The molecule has 1 heterocycles. The van der Waals surface area contributed by atoms with E-state index in [9.17, 15) is 19.7 Å². The Balaban J connectivity index is 2.25. The molecule has 1 aromatic carbocycles. The summed E-state index contributed by atoms with van der Waals surface area (Å²) in [6.45, 7) is 5.93. The molecule has 6 heteroatoms. The van der Waals surface area contributed by atoms with Gasteiger partial charge in [0.05, 0.1) is 11.5 Å². The van der Waals surface area contributed by atoms with Crippen LogP contribution in [0.15, 0.2) is 18.2 Å². The zero-order valence-corrected chi connectivity index (χ0v) is 12.4. The third-order valence-corrected chi connectivity index (χ3v) is 3.64. The molecule has 0 bridgehead atoms. The minimum atomic E-state index is -0.521. The number of carbonyl (C=O) groups excluding carboxylic acids is 2. The van der Waals surface area contributed by atoms with E-state index in [4.69, 9.17) is 0 Å². The highest BCUT2D eigenvalue weighted by Gasteiger charge is 2.30. The van der Waals surface area contributed by atoms with Gasteiger partial charge in [0, 0.05) is 29.7 Å². The first-order valence-corrected chi connectivity index (χ1v) is 6.80. The molecule has 0 saturated carbocycles. The number of nitrogens with zero attached hydrogens (tertiary/aromatic N) is 2. The number of hydrogen-bond donors (Lipinski definition) is 0. The maximum atomic E-state index is 12.4. The highest BCUT2D eigenvalue weighted by atomic mass is 16.6. The van der Waals surface area contributed by atoms with Crippen LogP contribution in [0, 0.1) is 15.5 Å². The van der Waals surface area contributed by atoms with Gasteiger partial charge in [0.1, 0.15) is 0 Å². The van der Waals surface area contributed by atoms with E-state index in [0.717, 1.165) is 5.56 Å². The van der Waals surface area contributed by atoms with E-state index in [1.807, 2.05) is 20.8 Å². The number of ketones is 1. The van der Waals surface area contributed by atoms with E-state index in [-0.39, 0.29) is 23.9 Å². The summed E-state index contributed by atoms with van der Waals surface area (Å²) in [4.78, 5) is 36.2. The lowest BCUT2D eigenvalue weighted by molar-refractivity contribution is -0.384. The molecule has 1 aliphatic rings. The summed E-state index contributed by atoms with van der Waals surface area (Å²) in [5.74, 6) is -0.331. The number of amides is 1. The topological polar surface area (TPSA) is 80.5 Å². The van der Waals surface area contributed by atoms with Gasteiger partial charge in [-0.1, -0.05) is 26.8 Å². The quantitative estimate of drug-likeness (QED) is 0.631. The van der Waals surface area contributed by atoms with Crippen LogP contribution in [0.1, 0.15) is 36.7 Å². The van der Waals surface area contributed by atoms with E-state index in [0.29, 0.717) is 18.5 Å². The van der Waals surface area contributed by atoms with Crippen molar-refractivity contribution in [3.63, 3.8) is 0 Å². The fourth-order valence-electron chi connectivity index (χ4n) is 2.18. The molecule has 0 aliphatic carbocycles. The second-order valence-electron chi connectivity index (χ2n) is 6.25. The fraction of sp³-hybridized carbons (Fsp3) is 0.467. The largest absolute Gasteiger partial charge is 0.331 e.